The number of rotatable bonds is 5. The minimum atomic E-state index is -0.716. The van der Waals surface area contributed by atoms with Crippen LogP contribution in [0.4, 0.5) is 5.69 Å². The van der Waals surface area contributed by atoms with Crippen LogP contribution in [0.2, 0.25) is 0 Å². The van der Waals surface area contributed by atoms with Crippen LogP contribution in [0.1, 0.15) is 11.9 Å². The Balaban J connectivity index is 2.85. The maximum atomic E-state index is 11.4. The fourth-order valence-corrected chi connectivity index (χ4v) is 2.13. The monoisotopic (exact) mass is 278 g/mol. The molecule has 0 bridgehead atoms. The van der Waals surface area contributed by atoms with Crippen LogP contribution >= 0.6 is 0 Å². The molecule has 0 amide bonds. The number of methoxy groups -OCH3 is 3. The highest BCUT2D eigenvalue weighted by atomic mass is 16.7. The van der Waals surface area contributed by atoms with Crippen LogP contribution in [0.15, 0.2) is 24.4 Å². The van der Waals surface area contributed by atoms with E-state index in [1.54, 1.807) is 18.3 Å². The number of ether oxygens (including phenoxy) is 3. The van der Waals surface area contributed by atoms with Gasteiger partial charge in [0.1, 0.15) is 0 Å². The molecule has 0 atom stereocenters. The number of nitrogens with zero attached hydrogens (tertiary/aromatic N) is 2. The number of nitro groups is 1. The molecule has 7 nitrogen and oxygen atoms in total. The lowest BCUT2D eigenvalue weighted by Gasteiger charge is -2.16. The van der Waals surface area contributed by atoms with Gasteiger partial charge >= 0.3 is 5.69 Å². The standard InChI is InChI=1S/C13H14N2O5/c1-18-10-5-4-9-11(12(10)15(16)17)8(6-7-14-9)13(19-2)20-3/h4-7,13H,1-3H3. The smallest absolute Gasteiger partial charge is 0.320 e. The number of pyridine rings is 1. The van der Waals surface area contributed by atoms with Crippen LogP contribution in [0.5, 0.6) is 5.75 Å². The van der Waals surface area contributed by atoms with E-state index >= 15 is 0 Å². The van der Waals surface area contributed by atoms with Crippen molar-refractivity contribution in [2.24, 2.45) is 0 Å². The largest absolute Gasteiger partial charge is 0.490 e. The third-order valence-electron chi connectivity index (χ3n) is 2.96. The fourth-order valence-electron chi connectivity index (χ4n) is 2.13. The van der Waals surface area contributed by atoms with E-state index in [0.717, 1.165) is 0 Å². The third kappa shape index (κ3) is 2.28. The summed E-state index contributed by atoms with van der Waals surface area (Å²) in [5.41, 5.74) is 0.868. The molecule has 1 heterocycles. The van der Waals surface area contributed by atoms with Gasteiger partial charge in [0.15, 0.2) is 12.0 Å². The lowest BCUT2D eigenvalue weighted by atomic mass is 10.1. The maximum absolute atomic E-state index is 11.4. The van der Waals surface area contributed by atoms with E-state index < -0.39 is 11.2 Å². The predicted octanol–water partition coefficient (Wildman–Crippen LogP) is 2.44. The Hall–Kier alpha value is -2.25. The van der Waals surface area contributed by atoms with E-state index in [2.05, 4.69) is 4.98 Å². The number of fused-ring (bicyclic) bond motifs is 1. The van der Waals surface area contributed by atoms with Crippen molar-refractivity contribution in [2.45, 2.75) is 6.29 Å². The van der Waals surface area contributed by atoms with Crippen LogP contribution in [-0.4, -0.2) is 31.2 Å². The molecular weight excluding hydrogens is 264 g/mol. The van der Waals surface area contributed by atoms with Crippen molar-refractivity contribution in [3.05, 3.63) is 40.1 Å². The molecule has 2 rings (SSSR count). The maximum Gasteiger partial charge on any atom is 0.320 e. The van der Waals surface area contributed by atoms with E-state index in [1.165, 1.54) is 27.4 Å². The molecule has 0 saturated carbocycles. The van der Waals surface area contributed by atoms with Crippen molar-refractivity contribution >= 4 is 16.6 Å². The SMILES string of the molecule is COc1ccc2nccc(C(OC)OC)c2c1[N+](=O)[O-]. The van der Waals surface area contributed by atoms with E-state index in [0.29, 0.717) is 16.5 Å². The first-order valence-electron chi connectivity index (χ1n) is 5.79. The molecule has 0 N–H and O–H groups in total. The Morgan fingerprint density at radius 3 is 2.45 bits per heavy atom. The second-order valence-corrected chi connectivity index (χ2v) is 3.97. The Bertz CT molecular complexity index is 640. The summed E-state index contributed by atoms with van der Waals surface area (Å²) in [6.45, 7) is 0. The van der Waals surface area contributed by atoms with Gasteiger partial charge in [-0.1, -0.05) is 0 Å². The van der Waals surface area contributed by atoms with Crippen molar-refractivity contribution in [1.29, 1.82) is 0 Å². The van der Waals surface area contributed by atoms with Crippen molar-refractivity contribution in [1.82, 2.24) is 4.98 Å². The molecule has 0 aliphatic carbocycles. The molecule has 1 aromatic heterocycles. The van der Waals surface area contributed by atoms with Crippen LogP contribution < -0.4 is 4.74 Å². The molecule has 20 heavy (non-hydrogen) atoms. The summed E-state index contributed by atoms with van der Waals surface area (Å²) < 4.78 is 15.4. The van der Waals surface area contributed by atoms with Gasteiger partial charge in [0, 0.05) is 26.0 Å². The lowest BCUT2D eigenvalue weighted by molar-refractivity contribution is -0.384. The van der Waals surface area contributed by atoms with Crippen LogP contribution in [-0.2, 0) is 9.47 Å². The number of nitro benzene ring substituents is 1. The molecule has 1 aromatic carbocycles. The van der Waals surface area contributed by atoms with E-state index in [4.69, 9.17) is 14.2 Å². The lowest BCUT2D eigenvalue weighted by Crippen LogP contribution is -2.06. The Morgan fingerprint density at radius 2 is 1.90 bits per heavy atom. The molecule has 0 radical (unpaired) electrons. The number of hydrogen-bond donors (Lipinski definition) is 0. The van der Waals surface area contributed by atoms with Gasteiger partial charge in [-0.2, -0.15) is 0 Å². The zero-order chi connectivity index (χ0) is 14.7. The minimum absolute atomic E-state index is 0.146. The van der Waals surface area contributed by atoms with Crippen LogP contribution in [0.25, 0.3) is 10.9 Å². The third-order valence-corrected chi connectivity index (χ3v) is 2.96. The predicted molar refractivity (Wildman–Crippen MR) is 71.7 cm³/mol. The summed E-state index contributed by atoms with van der Waals surface area (Å²) in [7, 11) is 4.31. The zero-order valence-corrected chi connectivity index (χ0v) is 11.3. The average Bonchev–Trinajstić information content (AvgIpc) is 2.47. The summed E-state index contributed by atoms with van der Waals surface area (Å²) in [6.07, 6.45) is 0.838. The number of aromatic nitrogens is 1. The fraction of sp³-hybridized carbons (Fsp3) is 0.308. The van der Waals surface area contributed by atoms with Crippen molar-refractivity contribution < 1.29 is 19.1 Å². The Kier molecular flexibility index (Phi) is 4.11. The summed E-state index contributed by atoms with van der Waals surface area (Å²) in [5, 5.41) is 11.7. The first-order valence-corrected chi connectivity index (χ1v) is 5.79. The molecule has 2 aromatic rings. The first-order chi connectivity index (χ1) is 9.63. The minimum Gasteiger partial charge on any atom is -0.490 e. The van der Waals surface area contributed by atoms with Gasteiger partial charge in [0.25, 0.3) is 0 Å². The Morgan fingerprint density at radius 1 is 1.20 bits per heavy atom. The van der Waals surface area contributed by atoms with Crippen molar-refractivity contribution in [3.63, 3.8) is 0 Å². The molecule has 0 fully saturated rings. The van der Waals surface area contributed by atoms with Crippen LogP contribution in [0.3, 0.4) is 0 Å². The molecule has 0 aliphatic rings. The summed E-state index contributed by atoms with van der Waals surface area (Å²) in [5.74, 6) is 0.169. The van der Waals surface area contributed by atoms with Crippen molar-refractivity contribution in [2.75, 3.05) is 21.3 Å². The van der Waals surface area contributed by atoms with Gasteiger partial charge < -0.3 is 14.2 Å². The highest BCUT2D eigenvalue weighted by molar-refractivity contribution is 5.93. The molecule has 106 valence electrons. The summed E-state index contributed by atoms with van der Waals surface area (Å²) in [6, 6.07) is 4.81. The summed E-state index contributed by atoms with van der Waals surface area (Å²) in [4.78, 5) is 15.0. The molecular formula is C13H14N2O5. The van der Waals surface area contributed by atoms with Gasteiger partial charge in [-0.25, -0.2) is 0 Å². The quantitative estimate of drug-likeness (QED) is 0.474. The molecule has 0 unspecified atom stereocenters. The Labute approximate surface area is 115 Å². The normalized spacial score (nSPS) is 11.0. The van der Waals surface area contributed by atoms with E-state index in [1.807, 2.05) is 0 Å². The van der Waals surface area contributed by atoms with Crippen LogP contribution in [0, 0.1) is 10.1 Å². The van der Waals surface area contributed by atoms with Gasteiger partial charge in [0.05, 0.1) is 22.9 Å². The molecule has 0 aliphatic heterocycles. The molecule has 0 saturated heterocycles. The zero-order valence-electron chi connectivity index (χ0n) is 11.3. The van der Waals surface area contributed by atoms with E-state index in [9.17, 15) is 10.1 Å². The summed E-state index contributed by atoms with van der Waals surface area (Å²) >= 11 is 0. The van der Waals surface area contributed by atoms with E-state index in [-0.39, 0.29) is 11.4 Å². The number of benzene rings is 1. The molecule has 0 spiro atoms. The van der Waals surface area contributed by atoms with Gasteiger partial charge in [-0.3, -0.25) is 15.1 Å². The highest BCUT2D eigenvalue weighted by Crippen LogP contribution is 2.38. The second-order valence-electron chi connectivity index (χ2n) is 3.97. The first kappa shape index (κ1) is 14.2. The second kappa shape index (κ2) is 5.81. The number of hydrogen-bond acceptors (Lipinski definition) is 6. The topological polar surface area (TPSA) is 83.7 Å². The average molecular weight is 278 g/mol. The highest BCUT2D eigenvalue weighted by Gasteiger charge is 2.25. The molecule has 7 heteroatoms. The van der Waals surface area contributed by atoms with Crippen molar-refractivity contribution in [3.8, 4) is 5.75 Å². The van der Waals surface area contributed by atoms with Gasteiger partial charge in [-0.05, 0) is 18.2 Å². The van der Waals surface area contributed by atoms with Gasteiger partial charge in [-0.15, -0.1) is 0 Å². The van der Waals surface area contributed by atoms with Gasteiger partial charge in [0.2, 0.25) is 0 Å².